The number of hydrogen-bond donors (Lipinski definition) is 1. The molecule has 1 aromatic carbocycles. The molecule has 0 spiro atoms. The van der Waals surface area contributed by atoms with Crippen molar-refractivity contribution in [2.24, 2.45) is 11.1 Å². The molecule has 0 amide bonds. The van der Waals surface area contributed by atoms with Gasteiger partial charge in [-0.2, -0.15) is 5.26 Å². The number of benzene rings is 1. The summed E-state index contributed by atoms with van der Waals surface area (Å²) >= 11 is 0. The maximum atomic E-state index is 13.6. The third-order valence-corrected chi connectivity index (χ3v) is 7.00. The molecule has 1 unspecified atom stereocenters. The minimum Gasteiger partial charge on any atom is -0.372 e. The van der Waals surface area contributed by atoms with Crippen LogP contribution in [0.4, 0.5) is 10.2 Å². The number of hydrogen-bond acceptors (Lipinski definition) is 3. The molecule has 38 heavy (non-hydrogen) atoms. The van der Waals surface area contributed by atoms with E-state index in [0.29, 0.717) is 17.9 Å². The van der Waals surface area contributed by atoms with E-state index in [0.717, 1.165) is 86.0 Å². The molecular formula is C33H45FN4. The molecule has 2 rings (SSSR count). The lowest BCUT2D eigenvalue weighted by molar-refractivity contribution is 0.448. The fraction of sp³-hybridized carbons (Fsp3) is 0.455. The highest BCUT2D eigenvalue weighted by Gasteiger charge is 2.20. The largest absolute Gasteiger partial charge is 0.372 e. The van der Waals surface area contributed by atoms with Crippen LogP contribution < -0.4 is 10.2 Å². The first-order valence-corrected chi connectivity index (χ1v) is 14.0. The molecule has 0 aromatic heterocycles. The van der Waals surface area contributed by atoms with E-state index in [1.807, 2.05) is 25.2 Å². The number of nitriles is 1. The zero-order chi connectivity index (χ0) is 27.9. The van der Waals surface area contributed by atoms with Crippen LogP contribution >= 0.6 is 0 Å². The normalized spacial score (nSPS) is 16.5. The molecule has 1 N–H and O–H groups in total. The molecule has 1 heterocycles. The first-order valence-electron chi connectivity index (χ1n) is 14.0. The van der Waals surface area contributed by atoms with Crippen molar-refractivity contribution in [3.63, 3.8) is 0 Å². The first-order chi connectivity index (χ1) is 18.4. The van der Waals surface area contributed by atoms with Crippen molar-refractivity contribution in [1.82, 2.24) is 5.32 Å². The second kappa shape index (κ2) is 16.5. The van der Waals surface area contributed by atoms with E-state index in [2.05, 4.69) is 79.7 Å². The van der Waals surface area contributed by atoms with Gasteiger partial charge in [0.1, 0.15) is 0 Å². The standard InChI is InChI=1S/C33H45FN4/c1-7-11-13-27(12-8-2)22-26(6)29(24-35)15-14-25(5)31-23-32(36-33(31)37-34)28-16-18-30(19-17-28)38(20-9-3)21-10-4/h7,15-19,23,27H,1,6,8-14,20-22H2,2-5H3,(H,36,37)/b29-15-,31-25+. The highest BCUT2D eigenvalue weighted by molar-refractivity contribution is 6.11. The molecule has 0 bridgehead atoms. The summed E-state index contributed by atoms with van der Waals surface area (Å²) in [4.78, 5) is 2.39. The molecule has 5 heteroatoms. The van der Waals surface area contributed by atoms with Gasteiger partial charge >= 0.3 is 0 Å². The van der Waals surface area contributed by atoms with Crippen molar-refractivity contribution in [3.05, 3.63) is 83.5 Å². The van der Waals surface area contributed by atoms with Gasteiger partial charge in [-0.3, -0.25) is 0 Å². The lowest BCUT2D eigenvalue weighted by Crippen LogP contribution is -2.24. The Morgan fingerprint density at radius 2 is 1.82 bits per heavy atom. The van der Waals surface area contributed by atoms with Gasteiger partial charge in [-0.25, -0.2) is 0 Å². The van der Waals surface area contributed by atoms with Crippen LogP contribution in [-0.2, 0) is 0 Å². The van der Waals surface area contributed by atoms with Crippen molar-refractivity contribution in [3.8, 4) is 6.07 Å². The summed E-state index contributed by atoms with van der Waals surface area (Å²) in [6, 6.07) is 10.7. The summed E-state index contributed by atoms with van der Waals surface area (Å²) in [6.07, 6.45) is 13.6. The Labute approximate surface area is 230 Å². The highest BCUT2D eigenvalue weighted by Crippen LogP contribution is 2.29. The third-order valence-electron chi connectivity index (χ3n) is 7.00. The van der Waals surface area contributed by atoms with Crippen molar-refractivity contribution < 1.29 is 4.48 Å². The van der Waals surface area contributed by atoms with Crippen LogP contribution in [0.5, 0.6) is 0 Å². The smallest absolute Gasteiger partial charge is 0.170 e. The van der Waals surface area contributed by atoms with Gasteiger partial charge in [0, 0.05) is 30.0 Å². The van der Waals surface area contributed by atoms with Gasteiger partial charge in [0.2, 0.25) is 0 Å². The fourth-order valence-corrected chi connectivity index (χ4v) is 4.96. The Kier molecular flexibility index (Phi) is 13.3. The molecule has 0 saturated heterocycles. The molecule has 1 aliphatic heterocycles. The number of allylic oxidation sites excluding steroid dienone is 5. The Bertz CT molecular complexity index is 1090. The fourth-order valence-electron chi connectivity index (χ4n) is 4.96. The van der Waals surface area contributed by atoms with E-state index in [-0.39, 0.29) is 5.84 Å². The average molecular weight is 517 g/mol. The molecule has 0 radical (unpaired) electrons. The van der Waals surface area contributed by atoms with E-state index in [4.69, 9.17) is 0 Å². The van der Waals surface area contributed by atoms with Crippen molar-refractivity contribution >= 4 is 17.2 Å². The second-order valence-corrected chi connectivity index (χ2v) is 10.1. The topological polar surface area (TPSA) is 51.4 Å². The van der Waals surface area contributed by atoms with E-state index in [9.17, 15) is 9.74 Å². The zero-order valence-corrected chi connectivity index (χ0v) is 23.8. The summed E-state index contributed by atoms with van der Waals surface area (Å²) in [7, 11) is 0. The first kappa shape index (κ1) is 30.8. The Morgan fingerprint density at radius 3 is 2.37 bits per heavy atom. The van der Waals surface area contributed by atoms with Crippen molar-refractivity contribution in [1.29, 1.82) is 5.26 Å². The lowest BCUT2D eigenvalue weighted by Gasteiger charge is -2.24. The predicted molar refractivity (Wildman–Crippen MR) is 161 cm³/mol. The van der Waals surface area contributed by atoms with Crippen LogP contribution in [0.2, 0.25) is 0 Å². The van der Waals surface area contributed by atoms with Crippen LogP contribution in [0.3, 0.4) is 0 Å². The Hall–Kier alpha value is -3.39. The van der Waals surface area contributed by atoms with Gasteiger partial charge < -0.3 is 10.2 Å². The quantitative estimate of drug-likeness (QED) is 0.135. The van der Waals surface area contributed by atoms with Crippen LogP contribution in [0.25, 0.3) is 5.70 Å². The van der Waals surface area contributed by atoms with E-state index < -0.39 is 0 Å². The van der Waals surface area contributed by atoms with Crippen molar-refractivity contribution in [2.45, 2.75) is 79.1 Å². The number of anilines is 1. The van der Waals surface area contributed by atoms with Crippen LogP contribution in [0.1, 0.15) is 84.6 Å². The predicted octanol–water partition coefficient (Wildman–Crippen LogP) is 9.03. The van der Waals surface area contributed by atoms with E-state index >= 15 is 0 Å². The monoisotopic (exact) mass is 516 g/mol. The van der Waals surface area contributed by atoms with Gasteiger partial charge in [0.25, 0.3) is 0 Å². The number of nitrogens with one attached hydrogen (secondary N) is 1. The summed E-state index contributed by atoms with van der Waals surface area (Å²) < 4.78 is 13.6. The zero-order valence-electron chi connectivity index (χ0n) is 23.8. The van der Waals surface area contributed by atoms with Crippen molar-refractivity contribution in [2.75, 3.05) is 18.0 Å². The molecule has 0 fully saturated rings. The average Bonchev–Trinajstić information content (AvgIpc) is 3.37. The molecule has 1 aromatic rings. The molecule has 1 aliphatic rings. The summed E-state index contributed by atoms with van der Waals surface area (Å²) in [6.45, 7) is 18.6. The molecule has 4 nitrogen and oxygen atoms in total. The SMILES string of the molecule is C=CCCC(CCC)CC(=C)/C(C#N)=C\C/C(C)=C1\C=C(c2ccc(N(CCC)CCC)cc2)N\C1=N\F. The number of halogens is 1. The Balaban J connectivity index is 2.21. The second-order valence-electron chi connectivity index (χ2n) is 10.1. The molecule has 0 aliphatic carbocycles. The van der Waals surface area contributed by atoms with Crippen LogP contribution in [0.15, 0.2) is 83.2 Å². The van der Waals surface area contributed by atoms with E-state index in [1.165, 1.54) is 5.69 Å². The van der Waals surface area contributed by atoms with Crippen LogP contribution in [0, 0.1) is 17.2 Å². The minimum absolute atomic E-state index is 0.207. The van der Waals surface area contributed by atoms with Gasteiger partial charge in [0.15, 0.2) is 5.84 Å². The lowest BCUT2D eigenvalue weighted by atomic mass is 9.88. The number of amidine groups is 1. The molecular weight excluding hydrogens is 471 g/mol. The van der Waals surface area contributed by atoms with Crippen LogP contribution in [-0.4, -0.2) is 18.9 Å². The molecule has 0 saturated carbocycles. The highest BCUT2D eigenvalue weighted by atomic mass is 19.2. The molecule has 1 atom stereocenters. The van der Waals surface area contributed by atoms with E-state index in [1.54, 1.807) is 0 Å². The third kappa shape index (κ3) is 8.87. The van der Waals surface area contributed by atoms with Gasteiger partial charge in [0.05, 0.1) is 11.6 Å². The maximum Gasteiger partial charge on any atom is 0.170 e. The number of nitrogens with zero attached hydrogens (tertiary/aromatic N) is 3. The number of rotatable bonds is 16. The molecule has 204 valence electrons. The van der Waals surface area contributed by atoms with Gasteiger partial charge in [-0.1, -0.05) is 79.7 Å². The summed E-state index contributed by atoms with van der Waals surface area (Å²) in [5.74, 6) is 0.706. The maximum absolute atomic E-state index is 13.6. The Morgan fingerprint density at radius 1 is 1.13 bits per heavy atom. The summed E-state index contributed by atoms with van der Waals surface area (Å²) in [5.41, 5.74) is 6.13. The van der Waals surface area contributed by atoms with Gasteiger partial charge in [-0.15, -0.1) is 6.58 Å². The minimum atomic E-state index is 0.207. The summed E-state index contributed by atoms with van der Waals surface area (Å²) in [5, 5.41) is 15.9. The van der Waals surface area contributed by atoms with Gasteiger partial charge in [-0.05, 0) is 80.7 Å².